The topological polar surface area (TPSA) is 33.2 Å². The highest BCUT2D eigenvalue weighted by molar-refractivity contribution is 7.14. The first kappa shape index (κ1) is 15.3. The molecule has 5 heteroatoms. The van der Waals surface area contributed by atoms with Gasteiger partial charge in [-0.05, 0) is 48.3 Å². The number of thiazole rings is 1. The van der Waals surface area contributed by atoms with Gasteiger partial charge in [0.25, 0.3) is 5.91 Å². The van der Waals surface area contributed by atoms with Crippen molar-refractivity contribution < 1.29 is 4.79 Å². The number of amides is 1. The number of aryl methyl sites for hydroxylation is 1. The van der Waals surface area contributed by atoms with Gasteiger partial charge in [0.2, 0.25) is 0 Å². The lowest BCUT2D eigenvalue weighted by atomic mass is 10.1. The summed E-state index contributed by atoms with van der Waals surface area (Å²) in [5.41, 5.74) is 4.43. The molecule has 0 N–H and O–H groups in total. The molecule has 0 radical (unpaired) electrons. The van der Waals surface area contributed by atoms with E-state index in [4.69, 9.17) is 0 Å². The summed E-state index contributed by atoms with van der Waals surface area (Å²) < 4.78 is 0. The molecular formula is C20H18N2OS2. The van der Waals surface area contributed by atoms with Gasteiger partial charge in [0.05, 0.1) is 6.04 Å². The van der Waals surface area contributed by atoms with Crippen molar-refractivity contribution in [2.24, 2.45) is 0 Å². The van der Waals surface area contributed by atoms with Crippen molar-refractivity contribution in [2.75, 3.05) is 0 Å². The summed E-state index contributed by atoms with van der Waals surface area (Å²) in [4.78, 5) is 20.0. The fraction of sp³-hybridized carbons (Fsp3) is 0.300. The van der Waals surface area contributed by atoms with E-state index in [0.717, 1.165) is 36.3 Å². The lowest BCUT2D eigenvalue weighted by Crippen LogP contribution is -2.36. The second-order valence-electron chi connectivity index (χ2n) is 6.75. The Morgan fingerprint density at radius 3 is 2.80 bits per heavy atom. The van der Waals surface area contributed by atoms with Crippen LogP contribution in [0.3, 0.4) is 0 Å². The fourth-order valence-electron chi connectivity index (χ4n) is 3.76. The number of thiophene rings is 1. The summed E-state index contributed by atoms with van der Waals surface area (Å²) in [5.74, 6) is 0.0990. The van der Waals surface area contributed by atoms with Crippen molar-refractivity contribution in [2.45, 2.75) is 37.8 Å². The van der Waals surface area contributed by atoms with Crippen LogP contribution < -0.4 is 0 Å². The number of hydrogen-bond acceptors (Lipinski definition) is 4. The van der Waals surface area contributed by atoms with Gasteiger partial charge in [-0.3, -0.25) is 4.79 Å². The maximum absolute atomic E-state index is 13.3. The maximum Gasteiger partial charge on any atom is 0.274 e. The number of rotatable bonds is 4. The van der Waals surface area contributed by atoms with Crippen LogP contribution in [0.25, 0.3) is 10.6 Å². The summed E-state index contributed by atoms with van der Waals surface area (Å²) in [5, 5.41) is 6.99. The molecule has 1 amide bonds. The van der Waals surface area contributed by atoms with Crippen LogP contribution in [0.1, 0.15) is 46.9 Å². The molecule has 0 aliphatic heterocycles. The minimum Gasteiger partial charge on any atom is -0.327 e. The van der Waals surface area contributed by atoms with E-state index in [9.17, 15) is 4.79 Å². The minimum atomic E-state index is 0.0990. The second kappa shape index (κ2) is 6.07. The average Bonchev–Trinajstić information content (AvgIpc) is 3.09. The molecule has 2 aliphatic carbocycles. The molecule has 1 unspecified atom stereocenters. The number of carbonyl (C=O) groups is 1. The Morgan fingerprint density at radius 2 is 2.00 bits per heavy atom. The van der Waals surface area contributed by atoms with E-state index in [-0.39, 0.29) is 11.9 Å². The van der Waals surface area contributed by atoms with Crippen molar-refractivity contribution in [3.05, 3.63) is 63.3 Å². The van der Waals surface area contributed by atoms with Crippen LogP contribution >= 0.6 is 22.7 Å². The lowest BCUT2D eigenvalue weighted by Gasteiger charge is -2.29. The molecule has 2 aliphatic rings. The van der Waals surface area contributed by atoms with Gasteiger partial charge in [-0.2, -0.15) is 11.3 Å². The van der Waals surface area contributed by atoms with Gasteiger partial charge in [0, 0.05) is 22.4 Å². The lowest BCUT2D eigenvalue weighted by molar-refractivity contribution is 0.0653. The molecule has 2 aromatic heterocycles. The van der Waals surface area contributed by atoms with Crippen LogP contribution in [-0.2, 0) is 6.42 Å². The summed E-state index contributed by atoms with van der Waals surface area (Å²) in [6.07, 6.45) is 4.33. The first-order valence-corrected chi connectivity index (χ1v) is 10.5. The number of aromatic nitrogens is 1. The number of benzene rings is 1. The molecular weight excluding hydrogens is 348 g/mol. The largest absolute Gasteiger partial charge is 0.327 e. The minimum absolute atomic E-state index is 0.0990. The first-order chi connectivity index (χ1) is 12.3. The highest BCUT2D eigenvalue weighted by Gasteiger charge is 2.41. The Hall–Kier alpha value is -1.98. The van der Waals surface area contributed by atoms with Gasteiger partial charge >= 0.3 is 0 Å². The van der Waals surface area contributed by atoms with Gasteiger partial charge in [-0.25, -0.2) is 4.98 Å². The van der Waals surface area contributed by atoms with Gasteiger partial charge in [0.15, 0.2) is 0 Å². The molecule has 25 heavy (non-hydrogen) atoms. The molecule has 0 bridgehead atoms. The summed E-state index contributed by atoms with van der Waals surface area (Å²) in [6, 6.07) is 11.2. The predicted molar refractivity (Wildman–Crippen MR) is 102 cm³/mol. The Kier molecular flexibility index (Phi) is 3.71. The smallest absolute Gasteiger partial charge is 0.274 e. The Labute approximate surface area is 155 Å². The summed E-state index contributed by atoms with van der Waals surface area (Å²) >= 11 is 3.22. The zero-order chi connectivity index (χ0) is 16.8. The monoisotopic (exact) mass is 366 g/mol. The molecule has 3 aromatic rings. The normalized spacial score (nSPS) is 19.0. The standard InChI is InChI=1S/C20H18N2OS2/c23-20(17-12-25-19(21-17)14-9-10-24-11-14)22(15-6-7-15)18-8-5-13-3-1-2-4-16(13)18/h1-4,9-12,15,18H,5-8H2. The SMILES string of the molecule is O=C(c1csc(-c2ccsc2)n1)N(C1CC1)C1CCc2ccccc21. The highest BCUT2D eigenvalue weighted by Crippen LogP contribution is 2.42. The predicted octanol–water partition coefficient (Wildman–Crippen LogP) is 5.16. The molecule has 1 fully saturated rings. The van der Waals surface area contributed by atoms with E-state index in [1.54, 1.807) is 22.7 Å². The molecule has 0 saturated heterocycles. The Bertz CT molecular complexity index is 911. The van der Waals surface area contributed by atoms with Crippen LogP contribution in [0.5, 0.6) is 0 Å². The molecule has 1 atom stereocenters. The molecule has 2 heterocycles. The molecule has 3 nitrogen and oxygen atoms in total. The highest BCUT2D eigenvalue weighted by atomic mass is 32.1. The Balaban J connectivity index is 1.47. The number of carbonyl (C=O) groups excluding carboxylic acids is 1. The quantitative estimate of drug-likeness (QED) is 0.639. The third kappa shape index (κ3) is 2.71. The van der Waals surface area contributed by atoms with E-state index < -0.39 is 0 Å². The summed E-state index contributed by atoms with van der Waals surface area (Å²) in [7, 11) is 0. The van der Waals surface area contributed by atoms with E-state index in [2.05, 4.69) is 45.6 Å². The molecule has 0 spiro atoms. The van der Waals surface area contributed by atoms with Gasteiger partial charge in [-0.15, -0.1) is 11.3 Å². The molecule has 126 valence electrons. The van der Waals surface area contributed by atoms with Crippen molar-refractivity contribution >= 4 is 28.6 Å². The zero-order valence-electron chi connectivity index (χ0n) is 13.7. The van der Waals surface area contributed by atoms with Crippen LogP contribution in [0.2, 0.25) is 0 Å². The van der Waals surface area contributed by atoms with Crippen molar-refractivity contribution in [3.8, 4) is 10.6 Å². The molecule has 1 saturated carbocycles. The van der Waals surface area contributed by atoms with Gasteiger partial charge < -0.3 is 4.90 Å². The van der Waals surface area contributed by atoms with Crippen LogP contribution in [-0.4, -0.2) is 21.8 Å². The van der Waals surface area contributed by atoms with E-state index in [0.29, 0.717) is 11.7 Å². The molecule has 5 rings (SSSR count). The first-order valence-electron chi connectivity index (χ1n) is 8.70. The Morgan fingerprint density at radius 1 is 1.12 bits per heavy atom. The fourth-order valence-corrected chi connectivity index (χ4v) is 5.27. The van der Waals surface area contributed by atoms with Gasteiger partial charge in [-0.1, -0.05) is 24.3 Å². The second-order valence-corrected chi connectivity index (χ2v) is 8.38. The van der Waals surface area contributed by atoms with E-state index in [1.807, 2.05) is 10.8 Å². The van der Waals surface area contributed by atoms with Crippen molar-refractivity contribution in [1.29, 1.82) is 0 Å². The zero-order valence-corrected chi connectivity index (χ0v) is 15.4. The van der Waals surface area contributed by atoms with E-state index >= 15 is 0 Å². The van der Waals surface area contributed by atoms with E-state index in [1.165, 1.54) is 11.1 Å². The van der Waals surface area contributed by atoms with Crippen molar-refractivity contribution in [3.63, 3.8) is 0 Å². The van der Waals surface area contributed by atoms with Crippen LogP contribution in [0.15, 0.2) is 46.5 Å². The van der Waals surface area contributed by atoms with Crippen LogP contribution in [0.4, 0.5) is 0 Å². The van der Waals surface area contributed by atoms with Crippen molar-refractivity contribution in [1.82, 2.24) is 9.88 Å². The number of hydrogen-bond donors (Lipinski definition) is 0. The summed E-state index contributed by atoms with van der Waals surface area (Å²) in [6.45, 7) is 0. The van der Waals surface area contributed by atoms with Gasteiger partial charge in [0.1, 0.15) is 10.7 Å². The van der Waals surface area contributed by atoms with Crippen LogP contribution in [0, 0.1) is 0 Å². The number of nitrogens with zero attached hydrogens (tertiary/aromatic N) is 2. The third-order valence-corrected chi connectivity index (χ3v) is 6.68. The maximum atomic E-state index is 13.3. The average molecular weight is 367 g/mol. The third-order valence-electron chi connectivity index (χ3n) is 5.10. The molecule has 1 aromatic carbocycles. The number of fused-ring (bicyclic) bond motifs is 1.